The van der Waals surface area contributed by atoms with Crippen LogP contribution in [0.15, 0.2) is 65.5 Å². The zero-order chi connectivity index (χ0) is 22.8. The topological polar surface area (TPSA) is 73.8 Å². The second-order valence-corrected chi connectivity index (χ2v) is 7.88. The van der Waals surface area contributed by atoms with Crippen molar-refractivity contribution in [2.24, 2.45) is 7.05 Å². The summed E-state index contributed by atoms with van der Waals surface area (Å²) in [5.41, 5.74) is 5.49. The van der Waals surface area contributed by atoms with Gasteiger partial charge in [0, 0.05) is 19.2 Å². The highest BCUT2D eigenvalue weighted by molar-refractivity contribution is 5.91. The van der Waals surface area contributed by atoms with Gasteiger partial charge in [0.05, 0.1) is 22.8 Å². The first-order chi connectivity index (χ1) is 15.4. The minimum atomic E-state index is -0.242. The van der Waals surface area contributed by atoms with Gasteiger partial charge in [0.2, 0.25) is 5.91 Å². The molecule has 0 fully saturated rings. The number of carbonyl (C=O) groups excluding carboxylic acids is 1. The third-order valence-electron chi connectivity index (χ3n) is 5.86. The van der Waals surface area contributed by atoms with Gasteiger partial charge in [0.25, 0.3) is 5.56 Å². The van der Waals surface area contributed by atoms with Crippen LogP contribution in [-0.4, -0.2) is 25.1 Å². The number of aromatic nitrogens is 4. The van der Waals surface area contributed by atoms with Crippen LogP contribution in [0.3, 0.4) is 0 Å². The minimum absolute atomic E-state index is 0.192. The van der Waals surface area contributed by atoms with E-state index in [-0.39, 0.29) is 17.9 Å². The fourth-order valence-corrected chi connectivity index (χ4v) is 4.01. The standard InChI is InChI=1S/C25H27N5O2/c1-17-22(18(2)29(27-17)20-11-7-5-8-12-20)15-16-23(31)26-24-19(3)28(4)30(25(24)32)21-13-9-6-10-14-21/h5-14H,15-16H2,1-4H3,(H,26,31). The van der Waals surface area contributed by atoms with Gasteiger partial charge >= 0.3 is 0 Å². The fourth-order valence-electron chi connectivity index (χ4n) is 4.01. The van der Waals surface area contributed by atoms with Crippen molar-refractivity contribution < 1.29 is 4.79 Å². The predicted octanol–water partition coefficient (Wildman–Crippen LogP) is 3.86. The van der Waals surface area contributed by atoms with Crippen LogP contribution in [0.25, 0.3) is 11.4 Å². The third-order valence-corrected chi connectivity index (χ3v) is 5.86. The molecule has 0 aliphatic heterocycles. The van der Waals surface area contributed by atoms with Crippen LogP contribution >= 0.6 is 0 Å². The summed E-state index contributed by atoms with van der Waals surface area (Å²) in [6.07, 6.45) is 0.816. The summed E-state index contributed by atoms with van der Waals surface area (Å²) in [5, 5.41) is 7.48. The molecular weight excluding hydrogens is 402 g/mol. The molecule has 0 spiro atoms. The normalized spacial score (nSPS) is 11.0. The van der Waals surface area contributed by atoms with Crippen LogP contribution in [0.2, 0.25) is 0 Å². The van der Waals surface area contributed by atoms with Crippen molar-refractivity contribution in [2.75, 3.05) is 5.32 Å². The highest BCUT2D eigenvalue weighted by atomic mass is 16.2. The number of rotatable bonds is 6. The Hall–Kier alpha value is -3.87. The van der Waals surface area contributed by atoms with E-state index in [4.69, 9.17) is 0 Å². The molecular formula is C25H27N5O2. The van der Waals surface area contributed by atoms with Crippen molar-refractivity contribution in [3.8, 4) is 11.4 Å². The predicted molar refractivity (Wildman–Crippen MR) is 126 cm³/mol. The average Bonchev–Trinajstić information content (AvgIpc) is 3.20. The van der Waals surface area contributed by atoms with Crippen LogP contribution < -0.4 is 10.9 Å². The number of benzene rings is 2. The molecule has 0 aliphatic rings. The number of hydrogen-bond acceptors (Lipinski definition) is 3. The van der Waals surface area contributed by atoms with E-state index >= 15 is 0 Å². The molecule has 164 valence electrons. The summed E-state index contributed by atoms with van der Waals surface area (Å²) in [6.45, 7) is 5.80. The van der Waals surface area contributed by atoms with E-state index in [9.17, 15) is 9.59 Å². The van der Waals surface area contributed by atoms with E-state index in [0.717, 1.165) is 28.3 Å². The van der Waals surface area contributed by atoms with E-state index in [2.05, 4.69) is 10.4 Å². The molecule has 32 heavy (non-hydrogen) atoms. The number of amides is 1. The lowest BCUT2D eigenvalue weighted by Gasteiger charge is -2.07. The van der Waals surface area contributed by atoms with Gasteiger partial charge in [-0.05, 0) is 57.0 Å². The molecule has 0 saturated carbocycles. The van der Waals surface area contributed by atoms with Crippen molar-refractivity contribution in [1.82, 2.24) is 19.1 Å². The molecule has 2 heterocycles. The zero-order valence-electron chi connectivity index (χ0n) is 18.8. The van der Waals surface area contributed by atoms with Crippen molar-refractivity contribution in [2.45, 2.75) is 33.6 Å². The highest BCUT2D eigenvalue weighted by Gasteiger charge is 2.19. The number of aryl methyl sites for hydroxylation is 1. The van der Waals surface area contributed by atoms with Gasteiger partial charge in [-0.1, -0.05) is 36.4 Å². The lowest BCUT2D eigenvalue weighted by molar-refractivity contribution is -0.116. The average molecular weight is 430 g/mol. The summed E-state index contributed by atoms with van der Waals surface area (Å²) < 4.78 is 5.22. The number of anilines is 1. The molecule has 1 amide bonds. The van der Waals surface area contributed by atoms with Gasteiger partial charge < -0.3 is 5.32 Å². The molecule has 7 heteroatoms. The van der Waals surface area contributed by atoms with Crippen LogP contribution in [0.4, 0.5) is 5.69 Å². The van der Waals surface area contributed by atoms with E-state index in [1.807, 2.05) is 93.2 Å². The van der Waals surface area contributed by atoms with Gasteiger partial charge in [-0.3, -0.25) is 14.3 Å². The largest absolute Gasteiger partial charge is 0.320 e. The number of hydrogen-bond donors (Lipinski definition) is 1. The number of carbonyl (C=O) groups is 1. The molecule has 4 aromatic rings. The minimum Gasteiger partial charge on any atom is -0.320 e. The number of nitrogens with one attached hydrogen (secondary N) is 1. The molecule has 0 bridgehead atoms. The monoisotopic (exact) mass is 429 g/mol. The maximum absolute atomic E-state index is 13.0. The maximum Gasteiger partial charge on any atom is 0.295 e. The van der Waals surface area contributed by atoms with Gasteiger partial charge in [-0.25, -0.2) is 9.36 Å². The van der Waals surface area contributed by atoms with Crippen molar-refractivity contribution in [1.29, 1.82) is 0 Å². The van der Waals surface area contributed by atoms with E-state index in [1.54, 1.807) is 9.36 Å². The maximum atomic E-state index is 13.0. The van der Waals surface area contributed by atoms with Crippen LogP contribution in [0.5, 0.6) is 0 Å². The molecule has 0 aliphatic carbocycles. The molecule has 7 nitrogen and oxygen atoms in total. The zero-order valence-corrected chi connectivity index (χ0v) is 18.8. The number of para-hydroxylation sites is 2. The Morgan fingerprint density at radius 2 is 1.50 bits per heavy atom. The smallest absolute Gasteiger partial charge is 0.295 e. The van der Waals surface area contributed by atoms with Gasteiger partial charge in [-0.15, -0.1) is 0 Å². The molecule has 1 N–H and O–H groups in total. The van der Waals surface area contributed by atoms with Crippen LogP contribution in [0, 0.1) is 20.8 Å². The Morgan fingerprint density at radius 3 is 2.12 bits per heavy atom. The molecule has 2 aromatic heterocycles. The summed E-state index contributed by atoms with van der Waals surface area (Å²) in [5.74, 6) is -0.192. The lowest BCUT2D eigenvalue weighted by Crippen LogP contribution is -2.23. The molecule has 0 atom stereocenters. The SMILES string of the molecule is Cc1nn(-c2ccccc2)c(C)c1CCC(=O)Nc1c(C)n(C)n(-c2ccccc2)c1=O. The quantitative estimate of drug-likeness (QED) is 0.506. The Labute approximate surface area is 186 Å². The fraction of sp³-hybridized carbons (Fsp3) is 0.240. The summed E-state index contributed by atoms with van der Waals surface area (Å²) in [6, 6.07) is 19.3. The highest BCUT2D eigenvalue weighted by Crippen LogP contribution is 2.20. The van der Waals surface area contributed by atoms with E-state index in [1.165, 1.54) is 0 Å². The van der Waals surface area contributed by atoms with Crippen molar-refractivity contribution in [3.63, 3.8) is 0 Å². The van der Waals surface area contributed by atoms with Crippen LogP contribution in [0.1, 0.15) is 29.1 Å². The van der Waals surface area contributed by atoms with Crippen molar-refractivity contribution in [3.05, 3.63) is 93.7 Å². The first-order valence-corrected chi connectivity index (χ1v) is 10.6. The Kier molecular flexibility index (Phi) is 5.81. The number of nitrogens with zero attached hydrogens (tertiary/aromatic N) is 4. The second-order valence-electron chi connectivity index (χ2n) is 7.88. The van der Waals surface area contributed by atoms with Gasteiger partial charge in [0.1, 0.15) is 5.69 Å². The Balaban J connectivity index is 1.52. The van der Waals surface area contributed by atoms with Crippen LogP contribution in [-0.2, 0) is 18.3 Å². The Morgan fingerprint density at radius 1 is 0.906 bits per heavy atom. The second kappa shape index (κ2) is 8.70. The van der Waals surface area contributed by atoms with E-state index in [0.29, 0.717) is 17.8 Å². The van der Waals surface area contributed by atoms with Crippen molar-refractivity contribution >= 4 is 11.6 Å². The van der Waals surface area contributed by atoms with Gasteiger partial charge in [-0.2, -0.15) is 5.10 Å². The third kappa shape index (κ3) is 3.89. The summed E-state index contributed by atoms with van der Waals surface area (Å²) in [4.78, 5) is 25.8. The lowest BCUT2D eigenvalue weighted by atomic mass is 10.1. The summed E-state index contributed by atoms with van der Waals surface area (Å²) >= 11 is 0. The van der Waals surface area contributed by atoms with E-state index < -0.39 is 0 Å². The first kappa shape index (κ1) is 21.4. The molecule has 2 aromatic carbocycles. The first-order valence-electron chi connectivity index (χ1n) is 10.6. The molecule has 0 unspecified atom stereocenters. The van der Waals surface area contributed by atoms with Gasteiger partial charge in [0.15, 0.2) is 0 Å². The Bertz CT molecular complexity index is 1310. The summed E-state index contributed by atoms with van der Waals surface area (Å²) in [7, 11) is 1.81. The molecule has 0 radical (unpaired) electrons. The molecule has 0 saturated heterocycles. The molecule has 4 rings (SSSR count).